The summed E-state index contributed by atoms with van der Waals surface area (Å²) in [5, 5.41) is 8.19. The fraction of sp³-hybridized carbons (Fsp3) is 0.0833. The number of amides is 1. The fourth-order valence-corrected chi connectivity index (χ4v) is 1.08. The molecule has 1 aromatic rings. The topological polar surface area (TPSA) is 49.3 Å². The Morgan fingerprint density at radius 3 is 2.67 bits per heavy atom. The van der Waals surface area contributed by atoms with Crippen molar-refractivity contribution in [3.63, 3.8) is 0 Å². The van der Waals surface area contributed by atoms with Gasteiger partial charge in [0, 0.05) is 6.08 Å². The van der Waals surface area contributed by atoms with Crippen molar-refractivity contribution in [2.75, 3.05) is 0 Å². The highest BCUT2D eigenvalue weighted by Gasteiger charge is 1.86. The van der Waals surface area contributed by atoms with Crippen LogP contribution in [0.2, 0.25) is 0 Å². The second-order valence-electron chi connectivity index (χ2n) is 2.95. The average Bonchev–Trinajstić information content (AvgIpc) is 2.29. The van der Waals surface area contributed by atoms with E-state index in [0.717, 1.165) is 6.42 Å². The van der Waals surface area contributed by atoms with Gasteiger partial charge in [-0.05, 0) is 12.0 Å². The standard InChI is InChI=1S/C12H13NO2/c14-12(13-15)10-6-2-5-9-11-7-3-1-4-8-11/h1-8,10,15H,9H2,(H,13,14)/b5-2+,10-6+. The van der Waals surface area contributed by atoms with E-state index in [1.54, 1.807) is 12.2 Å². The van der Waals surface area contributed by atoms with Crippen molar-refractivity contribution in [1.29, 1.82) is 0 Å². The second kappa shape index (κ2) is 6.56. The van der Waals surface area contributed by atoms with Crippen molar-refractivity contribution >= 4 is 5.91 Å². The first-order chi connectivity index (χ1) is 7.33. The summed E-state index contributed by atoms with van der Waals surface area (Å²) in [5.41, 5.74) is 2.73. The predicted molar refractivity (Wildman–Crippen MR) is 58.4 cm³/mol. The highest BCUT2D eigenvalue weighted by molar-refractivity contribution is 5.86. The van der Waals surface area contributed by atoms with Gasteiger partial charge in [-0.25, -0.2) is 5.48 Å². The molecule has 0 saturated heterocycles. The number of hydroxylamine groups is 1. The first-order valence-electron chi connectivity index (χ1n) is 4.64. The van der Waals surface area contributed by atoms with Crippen molar-refractivity contribution < 1.29 is 10.0 Å². The third kappa shape index (κ3) is 4.78. The summed E-state index contributed by atoms with van der Waals surface area (Å²) in [6, 6.07) is 10.0. The Kier molecular flexibility index (Phi) is 4.90. The van der Waals surface area contributed by atoms with Crippen molar-refractivity contribution in [2.45, 2.75) is 6.42 Å². The van der Waals surface area contributed by atoms with Crippen molar-refractivity contribution in [2.24, 2.45) is 0 Å². The molecule has 0 unspecified atom stereocenters. The van der Waals surface area contributed by atoms with Crippen molar-refractivity contribution in [3.8, 4) is 0 Å². The van der Waals surface area contributed by atoms with Crippen LogP contribution >= 0.6 is 0 Å². The Hall–Kier alpha value is -1.87. The van der Waals surface area contributed by atoms with Crippen LogP contribution in [0.3, 0.4) is 0 Å². The quantitative estimate of drug-likeness (QED) is 0.339. The summed E-state index contributed by atoms with van der Waals surface area (Å²) in [7, 11) is 0. The minimum Gasteiger partial charge on any atom is -0.288 e. The summed E-state index contributed by atoms with van der Waals surface area (Å²) in [5.74, 6) is -0.528. The molecule has 0 atom stereocenters. The van der Waals surface area contributed by atoms with Gasteiger partial charge < -0.3 is 0 Å². The second-order valence-corrected chi connectivity index (χ2v) is 2.95. The van der Waals surface area contributed by atoms with Gasteiger partial charge in [-0.15, -0.1) is 0 Å². The molecular weight excluding hydrogens is 190 g/mol. The van der Waals surface area contributed by atoms with Gasteiger partial charge in [0.05, 0.1) is 0 Å². The highest BCUT2D eigenvalue weighted by atomic mass is 16.5. The molecule has 0 fully saturated rings. The van der Waals surface area contributed by atoms with E-state index in [-0.39, 0.29) is 0 Å². The van der Waals surface area contributed by atoms with Crippen LogP contribution in [0.15, 0.2) is 54.6 Å². The van der Waals surface area contributed by atoms with Crippen LogP contribution in [0.1, 0.15) is 5.56 Å². The zero-order valence-corrected chi connectivity index (χ0v) is 8.26. The average molecular weight is 203 g/mol. The zero-order chi connectivity index (χ0) is 10.9. The van der Waals surface area contributed by atoms with Gasteiger partial charge >= 0.3 is 0 Å². The molecule has 1 aromatic carbocycles. The van der Waals surface area contributed by atoms with Crippen LogP contribution in [0.5, 0.6) is 0 Å². The van der Waals surface area contributed by atoms with Gasteiger partial charge in [0.1, 0.15) is 0 Å². The zero-order valence-electron chi connectivity index (χ0n) is 8.26. The Morgan fingerprint density at radius 1 is 1.27 bits per heavy atom. The van der Waals surface area contributed by atoms with Crippen LogP contribution < -0.4 is 5.48 Å². The monoisotopic (exact) mass is 203 g/mol. The predicted octanol–water partition coefficient (Wildman–Crippen LogP) is 1.85. The van der Waals surface area contributed by atoms with E-state index >= 15 is 0 Å². The van der Waals surface area contributed by atoms with Crippen LogP contribution in [-0.2, 0) is 11.2 Å². The Labute approximate surface area is 88.7 Å². The number of rotatable bonds is 4. The van der Waals surface area contributed by atoms with Gasteiger partial charge in [0.2, 0.25) is 0 Å². The van der Waals surface area contributed by atoms with Crippen molar-refractivity contribution in [3.05, 3.63) is 60.2 Å². The molecule has 0 saturated carbocycles. The normalized spacial score (nSPS) is 11.0. The molecule has 0 aliphatic rings. The minimum atomic E-state index is -0.528. The van der Waals surface area contributed by atoms with E-state index in [4.69, 9.17) is 5.21 Å². The third-order valence-electron chi connectivity index (χ3n) is 1.80. The SMILES string of the molecule is O=C(/C=C/C=C/Cc1ccccc1)NO. The van der Waals surface area contributed by atoms with E-state index in [9.17, 15) is 4.79 Å². The number of hydrogen-bond acceptors (Lipinski definition) is 2. The molecule has 1 amide bonds. The Bertz CT molecular complexity index is 355. The van der Waals surface area contributed by atoms with Crippen molar-refractivity contribution in [1.82, 2.24) is 5.48 Å². The van der Waals surface area contributed by atoms with E-state index in [0.29, 0.717) is 0 Å². The Morgan fingerprint density at radius 2 is 2.00 bits per heavy atom. The molecule has 3 nitrogen and oxygen atoms in total. The smallest absolute Gasteiger partial charge is 0.267 e. The van der Waals surface area contributed by atoms with Crippen LogP contribution in [-0.4, -0.2) is 11.1 Å². The first-order valence-corrected chi connectivity index (χ1v) is 4.64. The molecule has 15 heavy (non-hydrogen) atoms. The molecule has 0 radical (unpaired) electrons. The molecule has 3 heteroatoms. The maximum Gasteiger partial charge on any atom is 0.267 e. The lowest BCUT2D eigenvalue weighted by molar-refractivity contribution is -0.124. The molecule has 0 spiro atoms. The molecule has 0 aliphatic carbocycles. The lowest BCUT2D eigenvalue weighted by Crippen LogP contribution is -2.14. The summed E-state index contributed by atoms with van der Waals surface area (Å²) in [4.78, 5) is 10.6. The van der Waals surface area contributed by atoms with E-state index < -0.39 is 5.91 Å². The number of carbonyl (C=O) groups excluding carboxylic acids is 1. The van der Waals surface area contributed by atoms with Gasteiger partial charge in [0.25, 0.3) is 5.91 Å². The minimum absolute atomic E-state index is 0.528. The molecule has 0 heterocycles. The molecule has 0 aromatic heterocycles. The van der Waals surface area contributed by atoms with Gasteiger partial charge in [0.15, 0.2) is 0 Å². The fourth-order valence-electron chi connectivity index (χ4n) is 1.08. The molecule has 2 N–H and O–H groups in total. The van der Waals surface area contributed by atoms with E-state index in [1.807, 2.05) is 36.4 Å². The summed E-state index contributed by atoms with van der Waals surface area (Å²) in [6.07, 6.45) is 7.36. The third-order valence-corrected chi connectivity index (χ3v) is 1.80. The number of allylic oxidation sites excluding steroid dienone is 3. The van der Waals surface area contributed by atoms with Gasteiger partial charge in [-0.2, -0.15) is 0 Å². The summed E-state index contributed by atoms with van der Waals surface area (Å²) >= 11 is 0. The number of carbonyl (C=O) groups is 1. The molecule has 0 aliphatic heterocycles. The van der Waals surface area contributed by atoms with Crippen LogP contribution in [0.4, 0.5) is 0 Å². The van der Waals surface area contributed by atoms with E-state index in [1.165, 1.54) is 17.1 Å². The van der Waals surface area contributed by atoms with E-state index in [2.05, 4.69) is 0 Å². The number of benzene rings is 1. The maximum absolute atomic E-state index is 10.6. The number of hydrogen-bond donors (Lipinski definition) is 2. The lowest BCUT2D eigenvalue weighted by Gasteiger charge is -1.92. The summed E-state index contributed by atoms with van der Waals surface area (Å²) < 4.78 is 0. The van der Waals surface area contributed by atoms with Gasteiger partial charge in [-0.3, -0.25) is 10.0 Å². The molecular formula is C12H13NO2. The first kappa shape index (κ1) is 11.2. The molecule has 1 rings (SSSR count). The maximum atomic E-state index is 10.6. The highest BCUT2D eigenvalue weighted by Crippen LogP contribution is 1.99. The summed E-state index contributed by atoms with van der Waals surface area (Å²) in [6.45, 7) is 0. The van der Waals surface area contributed by atoms with Crippen LogP contribution in [0.25, 0.3) is 0 Å². The Balaban J connectivity index is 2.35. The largest absolute Gasteiger partial charge is 0.288 e. The molecule has 78 valence electrons. The van der Waals surface area contributed by atoms with Gasteiger partial charge in [-0.1, -0.05) is 48.6 Å². The number of nitrogens with one attached hydrogen (secondary N) is 1. The lowest BCUT2D eigenvalue weighted by atomic mass is 10.1. The molecule has 0 bridgehead atoms. The van der Waals surface area contributed by atoms with Crippen LogP contribution in [0, 0.1) is 0 Å².